The number of nitrogens with zero attached hydrogens (tertiary/aromatic N) is 4. The fourth-order valence-corrected chi connectivity index (χ4v) is 3.82. The SMILES string of the molecule is CCNC(=NCc1csc(N(C)C)n1)NCC(c1ccccc1)N(CC)CC.I. The van der Waals surface area contributed by atoms with E-state index in [0.29, 0.717) is 12.6 Å². The minimum atomic E-state index is 0. The van der Waals surface area contributed by atoms with Crippen molar-refractivity contribution in [3.05, 3.63) is 47.0 Å². The van der Waals surface area contributed by atoms with Gasteiger partial charge in [-0.15, -0.1) is 35.3 Å². The molecule has 2 aromatic rings. The second-order valence-electron chi connectivity index (χ2n) is 6.74. The molecule has 0 bridgehead atoms. The van der Waals surface area contributed by atoms with Crippen molar-refractivity contribution in [3.63, 3.8) is 0 Å². The molecule has 1 heterocycles. The van der Waals surface area contributed by atoms with Crippen LogP contribution in [0.15, 0.2) is 40.7 Å². The number of likely N-dealkylation sites (N-methyl/N-ethyl adjacent to an activating group) is 1. The summed E-state index contributed by atoms with van der Waals surface area (Å²) in [6.45, 7) is 10.7. The molecule has 1 aromatic heterocycles. The van der Waals surface area contributed by atoms with Crippen molar-refractivity contribution in [1.82, 2.24) is 20.5 Å². The van der Waals surface area contributed by atoms with Gasteiger partial charge in [-0.2, -0.15) is 0 Å². The number of nitrogens with one attached hydrogen (secondary N) is 2. The van der Waals surface area contributed by atoms with Crippen LogP contribution in [0.5, 0.6) is 0 Å². The van der Waals surface area contributed by atoms with Gasteiger partial charge in [-0.1, -0.05) is 44.2 Å². The molecule has 8 heteroatoms. The molecule has 1 unspecified atom stereocenters. The zero-order chi connectivity index (χ0) is 20.4. The molecule has 0 saturated carbocycles. The first-order chi connectivity index (χ1) is 13.6. The molecule has 1 atom stereocenters. The quantitative estimate of drug-likeness (QED) is 0.277. The molecule has 162 valence electrons. The molecule has 0 aliphatic carbocycles. The molecule has 0 aliphatic heterocycles. The Kier molecular flexibility index (Phi) is 12.2. The lowest BCUT2D eigenvalue weighted by molar-refractivity contribution is 0.219. The van der Waals surface area contributed by atoms with Gasteiger partial charge in [0.05, 0.1) is 18.3 Å². The van der Waals surface area contributed by atoms with E-state index in [4.69, 9.17) is 4.99 Å². The number of rotatable bonds is 10. The number of hydrogen-bond acceptors (Lipinski definition) is 5. The van der Waals surface area contributed by atoms with E-state index in [9.17, 15) is 0 Å². The fraction of sp³-hybridized carbons (Fsp3) is 0.524. The summed E-state index contributed by atoms with van der Waals surface area (Å²) in [5.41, 5.74) is 2.32. The smallest absolute Gasteiger partial charge is 0.191 e. The van der Waals surface area contributed by atoms with Gasteiger partial charge in [-0.25, -0.2) is 9.98 Å². The van der Waals surface area contributed by atoms with Gasteiger partial charge in [0.2, 0.25) is 0 Å². The van der Waals surface area contributed by atoms with Crippen LogP contribution in [-0.2, 0) is 6.54 Å². The van der Waals surface area contributed by atoms with Crippen LogP contribution in [0.1, 0.15) is 38.1 Å². The Labute approximate surface area is 196 Å². The van der Waals surface area contributed by atoms with Crippen molar-refractivity contribution in [3.8, 4) is 0 Å². The van der Waals surface area contributed by atoms with Gasteiger partial charge in [0.1, 0.15) is 0 Å². The van der Waals surface area contributed by atoms with Crippen LogP contribution in [0, 0.1) is 0 Å². The average Bonchev–Trinajstić information content (AvgIpc) is 3.19. The van der Waals surface area contributed by atoms with Crippen LogP contribution < -0.4 is 15.5 Å². The highest BCUT2D eigenvalue weighted by Crippen LogP contribution is 2.20. The first-order valence-electron chi connectivity index (χ1n) is 10.0. The maximum atomic E-state index is 4.73. The third-order valence-electron chi connectivity index (χ3n) is 4.57. The molecule has 0 aliphatic rings. The molecule has 0 fully saturated rings. The number of thiazole rings is 1. The zero-order valence-electron chi connectivity index (χ0n) is 18.2. The lowest BCUT2D eigenvalue weighted by atomic mass is 10.1. The summed E-state index contributed by atoms with van der Waals surface area (Å²) < 4.78 is 0. The van der Waals surface area contributed by atoms with E-state index < -0.39 is 0 Å². The van der Waals surface area contributed by atoms with Gasteiger partial charge >= 0.3 is 0 Å². The minimum Gasteiger partial charge on any atom is -0.357 e. The summed E-state index contributed by atoms with van der Waals surface area (Å²) in [5.74, 6) is 0.829. The van der Waals surface area contributed by atoms with E-state index in [1.54, 1.807) is 11.3 Å². The van der Waals surface area contributed by atoms with E-state index in [1.165, 1.54) is 5.56 Å². The molecule has 2 rings (SSSR count). The van der Waals surface area contributed by atoms with Gasteiger partial charge in [-0.05, 0) is 25.6 Å². The number of guanidine groups is 1. The van der Waals surface area contributed by atoms with E-state index in [0.717, 1.165) is 43.0 Å². The monoisotopic (exact) mass is 530 g/mol. The molecule has 0 amide bonds. The van der Waals surface area contributed by atoms with Crippen molar-refractivity contribution in [2.75, 3.05) is 45.2 Å². The fourth-order valence-electron chi connectivity index (χ4n) is 3.07. The molecule has 0 saturated heterocycles. The molecule has 2 N–H and O–H groups in total. The van der Waals surface area contributed by atoms with Crippen LogP contribution >= 0.6 is 35.3 Å². The normalized spacial score (nSPS) is 12.4. The van der Waals surface area contributed by atoms with Crippen molar-refractivity contribution in [1.29, 1.82) is 0 Å². The van der Waals surface area contributed by atoms with Gasteiger partial charge in [0.25, 0.3) is 0 Å². The number of aromatic nitrogens is 1. The summed E-state index contributed by atoms with van der Waals surface area (Å²) in [6.07, 6.45) is 0. The third kappa shape index (κ3) is 8.10. The Morgan fingerprint density at radius 2 is 1.79 bits per heavy atom. The molecule has 29 heavy (non-hydrogen) atoms. The second-order valence-corrected chi connectivity index (χ2v) is 7.58. The van der Waals surface area contributed by atoms with E-state index in [1.807, 2.05) is 19.0 Å². The number of aliphatic imine (C=N–C) groups is 1. The van der Waals surface area contributed by atoms with Crippen molar-refractivity contribution >= 4 is 46.4 Å². The highest BCUT2D eigenvalue weighted by molar-refractivity contribution is 14.0. The van der Waals surface area contributed by atoms with Crippen molar-refractivity contribution in [2.45, 2.75) is 33.4 Å². The van der Waals surface area contributed by atoms with E-state index in [2.05, 4.69) is 77.0 Å². The average molecular weight is 531 g/mol. The lowest BCUT2D eigenvalue weighted by Crippen LogP contribution is -2.43. The molecular weight excluding hydrogens is 495 g/mol. The number of halogens is 1. The van der Waals surface area contributed by atoms with Crippen LogP contribution in [-0.4, -0.2) is 56.1 Å². The van der Waals surface area contributed by atoms with Crippen LogP contribution in [0.25, 0.3) is 0 Å². The summed E-state index contributed by atoms with van der Waals surface area (Å²) in [5, 5.41) is 9.96. The molecular formula is C21H35IN6S. The summed E-state index contributed by atoms with van der Waals surface area (Å²) >= 11 is 1.65. The van der Waals surface area contributed by atoms with Crippen molar-refractivity contribution in [2.24, 2.45) is 4.99 Å². The van der Waals surface area contributed by atoms with E-state index in [-0.39, 0.29) is 24.0 Å². The van der Waals surface area contributed by atoms with Crippen LogP contribution in [0.4, 0.5) is 5.13 Å². The standard InChI is InChI=1S/C21H34N6S.HI/c1-6-22-20(23-14-18-16-28-21(25-18)26(4)5)24-15-19(27(7-2)8-3)17-12-10-9-11-13-17;/h9-13,16,19H,6-8,14-15H2,1-5H3,(H2,22,23,24);1H. The second kappa shape index (κ2) is 13.8. The molecule has 0 radical (unpaired) electrons. The highest BCUT2D eigenvalue weighted by atomic mass is 127. The minimum absolute atomic E-state index is 0. The third-order valence-corrected chi connectivity index (χ3v) is 5.62. The predicted molar refractivity (Wildman–Crippen MR) is 137 cm³/mol. The highest BCUT2D eigenvalue weighted by Gasteiger charge is 2.18. The Hall–Kier alpha value is -1.39. The van der Waals surface area contributed by atoms with Gasteiger partial charge in [0, 0.05) is 32.6 Å². The first-order valence-corrected chi connectivity index (χ1v) is 10.9. The Morgan fingerprint density at radius 3 is 2.34 bits per heavy atom. The van der Waals surface area contributed by atoms with Gasteiger partial charge in [0.15, 0.2) is 11.1 Å². The zero-order valence-corrected chi connectivity index (χ0v) is 21.3. The number of anilines is 1. The Morgan fingerprint density at radius 1 is 1.10 bits per heavy atom. The summed E-state index contributed by atoms with van der Waals surface area (Å²) in [7, 11) is 4.02. The number of benzene rings is 1. The lowest BCUT2D eigenvalue weighted by Gasteiger charge is -2.30. The van der Waals surface area contributed by atoms with Crippen LogP contribution in [0.2, 0.25) is 0 Å². The maximum Gasteiger partial charge on any atom is 0.191 e. The van der Waals surface area contributed by atoms with Gasteiger partial charge in [-0.3, -0.25) is 4.90 Å². The molecule has 1 aromatic carbocycles. The Balaban J connectivity index is 0.00000420. The molecule has 6 nitrogen and oxygen atoms in total. The Bertz CT molecular complexity index is 715. The first kappa shape index (κ1) is 25.6. The van der Waals surface area contributed by atoms with Crippen molar-refractivity contribution < 1.29 is 0 Å². The number of hydrogen-bond donors (Lipinski definition) is 2. The largest absolute Gasteiger partial charge is 0.357 e. The topological polar surface area (TPSA) is 55.8 Å². The van der Waals surface area contributed by atoms with Crippen LogP contribution in [0.3, 0.4) is 0 Å². The maximum absolute atomic E-state index is 4.73. The summed E-state index contributed by atoms with van der Waals surface area (Å²) in [6, 6.07) is 11.0. The molecule has 0 spiro atoms. The summed E-state index contributed by atoms with van der Waals surface area (Å²) in [4.78, 5) is 13.8. The predicted octanol–water partition coefficient (Wildman–Crippen LogP) is 3.97. The van der Waals surface area contributed by atoms with Gasteiger partial charge < -0.3 is 15.5 Å². The van der Waals surface area contributed by atoms with E-state index >= 15 is 0 Å².